The number of ether oxygens (including phenoxy) is 1. The molecule has 0 fully saturated rings. The van der Waals surface area contributed by atoms with Crippen molar-refractivity contribution in [2.24, 2.45) is 0 Å². The number of hydrogen-bond acceptors (Lipinski definition) is 5. The third-order valence-corrected chi connectivity index (χ3v) is 3.12. The zero-order valence-electron chi connectivity index (χ0n) is 9.13. The minimum absolute atomic E-state index is 0.136. The largest absolute Gasteiger partial charge is 0.438 e. The standard InChI is InChI=1S/C12H8FN3OS/c13-7-2-1-3-8(6-7)17-10-9-4-5-18-11(9)16-12(14)15-10/h1-6H,(H2,14,15,16). The molecule has 0 spiro atoms. The highest BCUT2D eigenvalue weighted by atomic mass is 32.1. The molecule has 0 aliphatic rings. The molecule has 3 rings (SSSR count). The van der Waals surface area contributed by atoms with E-state index >= 15 is 0 Å². The number of fused-ring (bicyclic) bond motifs is 1. The van der Waals surface area contributed by atoms with Gasteiger partial charge in [-0.05, 0) is 23.6 Å². The van der Waals surface area contributed by atoms with Gasteiger partial charge in [-0.15, -0.1) is 11.3 Å². The zero-order valence-corrected chi connectivity index (χ0v) is 9.95. The first-order valence-electron chi connectivity index (χ1n) is 5.16. The zero-order chi connectivity index (χ0) is 12.5. The number of thiophene rings is 1. The Labute approximate surface area is 106 Å². The summed E-state index contributed by atoms with van der Waals surface area (Å²) in [6.45, 7) is 0. The molecule has 1 aromatic carbocycles. The molecule has 0 aliphatic heterocycles. The van der Waals surface area contributed by atoms with Gasteiger partial charge in [0.15, 0.2) is 0 Å². The van der Waals surface area contributed by atoms with Gasteiger partial charge in [0.2, 0.25) is 11.8 Å². The monoisotopic (exact) mass is 261 g/mol. The number of nitrogens with zero attached hydrogens (tertiary/aromatic N) is 2. The molecule has 0 saturated heterocycles. The average molecular weight is 261 g/mol. The molecule has 0 amide bonds. The number of nitrogen functional groups attached to an aromatic ring is 1. The van der Waals surface area contributed by atoms with E-state index in [0.717, 1.165) is 10.2 Å². The number of nitrogens with two attached hydrogens (primary N) is 1. The van der Waals surface area contributed by atoms with Crippen LogP contribution in [0.2, 0.25) is 0 Å². The van der Waals surface area contributed by atoms with Crippen LogP contribution in [0, 0.1) is 5.82 Å². The van der Waals surface area contributed by atoms with Gasteiger partial charge in [0.05, 0.1) is 5.39 Å². The molecule has 2 N–H and O–H groups in total. The van der Waals surface area contributed by atoms with Crippen LogP contribution >= 0.6 is 11.3 Å². The van der Waals surface area contributed by atoms with Gasteiger partial charge in [0, 0.05) is 6.07 Å². The van der Waals surface area contributed by atoms with E-state index < -0.39 is 0 Å². The van der Waals surface area contributed by atoms with Crippen LogP contribution in [0.4, 0.5) is 10.3 Å². The minimum Gasteiger partial charge on any atom is -0.438 e. The lowest BCUT2D eigenvalue weighted by molar-refractivity contribution is 0.464. The number of aromatic nitrogens is 2. The molecule has 6 heteroatoms. The molecule has 0 unspecified atom stereocenters. The predicted molar refractivity (Wildman–Crippen MR) is 68.3 cm³/mol. The molecule has 2 aromatic heterocycles. The molecular weight excluding hydrogens is 253 g/mol. The van der Waals surface area contributed by atoms with Crippen LogP contribution in [-0.4, -0.2) is 9.97 Å². The summed E-state index contributed by atoms with van der Waals surface area (Å²) in [5, 5.41) is 2.63. The van der Waals surface area contributed by atoms with Crippen molar-refractivity contribution < 1.29 is 9.13 Å². The van der Waals surface area contributed by atoms with E-state index in [9.17, 15) is 4.39 Å². The molecule has 4 nitrogen and oxygen atoms in total. The second kappa shape index (κ2) is 4.23. The Hall–Kier alpha value is -2.21. The first-order valence-corrected chi connectivity index (χ1v) is 6.04. The normalized spacial score (nSPS) is 10.7. The first kappa shape index (κ1) is 10.9. The maximum absolute atomic E-state index is 13.1. The summed E-state index contributed by atoms with van der Waals surface area (Å²) in [7, 11) is 0. The number of benzene rings is 1. The topological polar surface area (TPSA) is 61.0 Å². The molecule has 0 atom stereocenters. The van der Waals surface area contributed by atoms with Crippen molar-refractivity contribution in [2.45, 2.75) is 0 Å². The summed E-state index contributed by atoms with van der Waals surface area (Å²) in [6.07, 6.45) is 0. The van der Waals surface area contributed by atoms with Crippen LogP contribution in [-0.2, 0) is 0 Å². The van der Waals surface area contributed by atoms with Crippen LogP contribution in [0.15, 0.2) is 35.7 Å². The van der Waals surface area contributed by atoms with Crippen LogP contribution in [0.3, 0.4) is 0 Å². The highest BCUT2D eigenvalue weighted by Gasteiger charge is 2.09. The SMILES string of the molecule is Nc1nc(Oc2cccc(F)c2)c2ccsc2n1. The summed E-state index contributed by atoms with van der Waals surface area (Å²) >= 11 is 1.44. The molecule has 3 aromatic rings. The smallest absolute Gasteiger partial charge is 0.232 e. The van der Waals surface area contributed by atoms with Crippen molar-refractivity contribution in [1.82, 2.24) is 9.97 Å². The molecule has 90 valence electrons. The quantitative estimate of drug-likeness (QED) is 0.769. The maximum Gasteiger partial charge on any atom is 0.232 e. The highest BCUT2D eigenvalue weighted by molar-refractivity contribution is 7.16. The van der Waals surface area contributed by atoms with Gasteiger partial charge in [-0.3, -0.25) is 0 Å². The van der Waals surface area contributed by atoms with Crippen molar-refractivity contribution >= 4 is 27.5 Å². The highest BCUT2D eigenvalue weighted by Crippen LogP contribution is 2.30. The third-order valence-electron chi connectivity index (χ3n) is 2.32. The van der Waals surface area contributed by atoms with Crippen molar-refractivity contribution in [1.29, 1.82) is 0 Å². The van der Waals surface area contributed by atoms with Crippen molar-refractivity contribution in [3.8, 4) is 11.6 Å². The molecule has 0 radical (unpaired) electrons. The lowest BCUT2D eigenvalue weighted by atomic mass is 10.3. The molecule has 0 saturated carbocycles. The van der Waals surface area contributed by atoms with E-state index in [1.807, 2.05) is 11.4 Å². The second-order valence-electron chi connectivity index (χ2n) is 3.59. The van der Waals surface area contributed by atoms with E-state index in [1.165, 1.54) is 23.5 Å². The summed E-state index contributed by atoms with van der Waals surface area (Å²) < 4.78 is 18.6. The fraction of sp³-hybridized carbons (Fsp3) is 0. The van der Waals surface area contributed by atoms with Gasteiger partial charge >= 0.3 is 0 Å². The van der Waals surface area contributed by atoms with Crippen LogP contribution in [0.25, 0.3) is 10.2 Å². The van der Waals surface area contributed by atoms with E-state index in [2.05, 4.69) is 9.97 Å². The fourth-order valence-electron chi connectivity index (χ4n) is 1.56. The Bertz CT molecular complexity index is 713. The summed E-state index contributed by atoms with van der Waals surface area (Å²) in [5.74, 6) is 0.484. The third kappa shape index (κ3) is 1.98. The Kier molecular flexibility index (Phi) is 2.56. The van der Waals surface area contributed by atoms with Crippen molar-refractivity contribution in [2.75, 3.05) is 5.73 Å². The first-order chi connectivity index (χ1) is 8.72. The van der Waals surface area contributed by atoms with Gasteiger partial charge in [0.25, 0.3) is 0 Å². The fourth-order valence-corrected chi connectivity index (χ4v) is 2.33. The summed E-state index contributed by atoms with van der Waals surface area (Å²) in [5.41, 5.74) is 5.60. The number of anilines is 1. The van der Waals surface area contributed by atoms with Crippen LogP contribution < -0.4 is 10.5 Å². The molecule has 0 aliphatic carbocycles. The van der Waals surface area contributed by atoms with Crippen molar-refractivity contribution in [3.63, 3.8) is 0 Å². The Balaban J connectivity index is 2.06. The van der Waals surface area contributed by atoms with Gasteiger partial charge in [0.1, 0.15) is 16.4 Å². The van der Waals surface area contributed by atoms with Crippen LogP contribution in [0.5, 0.6) is 11.6 Å². The van der Waals surface area contributed by atoms with Gasteiger partial charge in [-0.25, -0.2) is 9.37 Å². The molecular formula is C12H8FN3OS. The minimum atomic E-state index is -0.365. The maximum atomic E-state index is 13.1. The molecule has 0 bridgehead atoms. The Morgan fingerprint density at radius 2 is 2.11 bits per heavy atom. The number of hydrogen-bond donors (Lipinski definition) is 1. The summed E-state index contributed by atoms with van der Waals surface area (Å²) in [6, 6.07) is 7.70. The second-order valence-corrected chi connectivity index (χ2v) is 4.48. The Morgan fingerprint density at radius 3 is 2.94 bits per heavy atom. The summed E-state index contributed by atoms with van der Waals surface area (Å²) in [4.78, 5) is 8.86. The van der Waals surface area contributed by atoms with E-state index in [4.69, 9.17) is 10.5 Å². The van der Waals surface area contributed by atoms with Crippen LogP contribution in [0.1, 0.15) is 0 Å². The molecule has 18 heavy (non-hydrogen) atoms. The number of rotatable bonds is 2. The van der Waals surface area contributed by atoms with Gasteiger partial charge in [-0.2, -0.15) is 4.98 Å². The number of halogens is 1. The van der Waals surface area contributed by atoms with Gasteiger partial charge in [-0.1, -0.05) is 6.07 Å². The van der Waals surface area contributed by atoms with E-state index in [0.29, 0.717) is 11.6 Å². The molecule has 2 heterocycles. The Morgan fingerprint density at radius 1 is 1.22 bits per heavy atom. The van der Waals surface area contributed by atoms with Gasteiger partial charge < -0.3 is 10.5 Å². The average Bonchev–Trinajstić information content (AvgIpc) is 2.77. The van der Waals surface area contributed by atoms with E-state index in [1.54, 1.807) is 12.1 Å². The lowest BCUT2D eigenvalue weighted by Gasteiger charge is -2.06. The van der Waals surface area contributed by atoms with Crippen molar-refractivity contribution in [3.05, 3.63) is 41.5 Å². The predicted octanol–water partition coefficient (Wildman–Crippen LogP) is 3.20. The van der Waals surface area contributed by atoms with E-state index in [-0.39, 0.29) is 11.8 Å². The lowest BCUT2D eigenvalue weighted by Crippen LogP contribution is -1.97.